The van der Waals surface area contributed by atoms with Gasteiger partial charge in [-0.15, -0.1) is 28.0 Å². The Hall–Kier alpha value is -0.460. The number of aryl methyl sites for hydroxylation is 2. The zero-order valence-electron chi connectivity index (χ0n) is 8.60. The maximum atomic E-state index is 5.97. The molecular formula is C9H10BrClN4S. The number of tetrazole rings is 1. The normalized spacial score (nSPS) is 12.9. The van der Waals surface area contributed by atoms with Gasteiger partial charge in [-0.1, -0.05) is 0 Å². The Morgan fingerprint density at radius 1 is 1.56 bits per heavy atom. The molecule has 2 aromatic rings. The minimum absolute atomic E-state index is 0.162. The first-order valence-electron chi connectivity index (χ1n) is 4.81. The van der Waals surface area contributed by atoms with Gasteiger partial charge in [-0.25, -0.2) is 4.68 Å². The molecule has 0 N–H and O–H groups in total. The number of hydrogen-bond acceptors (Lipinski definition) is 4. The van der Waals surface area contributed by atoms with Crippen LogP contribution in [0.15, 0.2) is 15.9 Å². The Kier molecular flexibility index (Phi) is 3.94. The number of nitrogens with zero attached hydrogens (tertiary/aromatic N) is 4. The average Bonchev–Trinajstić information content (AvgIpc) is 2.83. The van der Waals surface area contributed by atoms with Crippen LogP contribution in [0.5, 0.6) is 0 Å². The van der Waals surface area contributed by atoms with Crippen LogP contribution in [0.2, 0.25) is 0 Å². The monoisotopic (exact) mass is 320 g/mol. The lowest BCUT2D eigenvalue weighted by Gasteiger charge is -2.04. The van der Waals surface area contributed by atoms with E-state index in [1.807, 2.05) is 13.0 Å². The van der Waals surface area contributed by atoms with Crippen molar-refractivity contribution in [3.63, 3.8) is 0 Å². The summed E-state index contributed by atoms with van der Waals surface area (Å²) in [6.45, 7) is 2.62. The molecule has 0 fully saturated rings. The van der Waals surface area contributed by atoms with E-state index in [-0.39, 0.29) is 5.38 Å². The lowest BCUT2D eigenvalue weighted by molar-refractivity contribution is 0.566. The molecule has 1 atom stereocenters. The zero-order chi connectivity index (χ0) is 11.5. The Balaban J connectivity index is 2.02. The molecule has 0 aliphatic carbocycles. The Bertz CT molecular complexity index is 468. The van der Waals surface area contributed by atoms with E-state index >= 15 is 0 Å². The highest BCUT2D eigenvalue weighted by atomic mass is 79.9. The second-order valence-electron chi connectivity index (χ2n) is 3.33. The minimum Gasteiger partial charge on any atom is -0.228 e. The predicted molar refractivity (Wildman–Crippen MR) is 67.8 cm³/mol. The topological polar surface area (TPSA) is 43.6 Å². The fourth-order valence-corrected chi connectivity index (χ4v) is 2.99. The van der Waals surface area contributed by atoms with E-state index in [0.29, 0.717) is 0 Å². The van der Waals surface area contributed by atoms with E-state index < -0.39 is 0 Å². The molecule has 0 spiro atoms. The summed E-state index contributed by atoms with van der Waals surface area (Å²) in [6, 6.07) is 4.15. The van der Waals surface area contributed by atoms with Crippen molar-refractivity contribution in [3.05, 3.63) is 26.6 Å². The SMILES string of the molecule is CC(Cl)c1nnnn1CCc1ccc(Br)s1. The third-order valence-electron chi connectivity index (χ3n) is 2.11. The summed E-state index contributed by atoms with van der Waals surface area (Å²) in [4.78, 5) is 1.30. The van der Waals surface area contributed by atoms with Gasteiger partial charge in [0.2, 0.25) is 0 Å². The molecule has 1 unspecified atom stereocenters. The summed E-state index contributed by atoms with van der Waals surface area (Å²) in [6.07, 6.45) is 0.915. The first kappa shape index (κ1) is 12.0. The van der Waals surface area contributed by atoms with Crippen molar-refractivity contribution in [1.29, 1.82) is 0 Å². The van der Waals surface area contributed by atoms with Crippen LogP contribution in [-0.2, 0) is 13.0 Å². The lowest BCUT2D eigenvalue weighted by atomic mass is 10.3. The highest BCUT2D eigenvalue weighted by Gasteiger charge is 2.11. The van der Waals surface area contributed by atoms with Crippen LogP contribution in [0.3, 0.4) is 0 Å². The average molecular weight is 322 g/mol. The van der Waals surface area contributed by atoms with Gasteiger partial charge >= 0.3 is 0 Å². The van der Waals surface area contributed by atoms with Gasteiger partial charge in [-0.05, 0) is 45.4 Å². The van der Waals surface area contributed by atoms with Crippen molar-refractivity contribution in [2.24, 2.45) is 0 Å². The molecule has 0 aliphatic heterocycles. The van der Waals surface area contributed by atoms with Gasteiger partial charge < -0.3 is 0 Å². The zero-order valence-corrected chi connectivity index (χ0v) is 11.8. The molecule has 0 radical (unpaired) electrons. The van der Waals surface area contributed by atoms with Gasteiger partial charge in [0, 0.05) is 17.8 Å². The summed E-state index contributed by atoms with van der Waals surface area (Å²) in [5, 5.41) is 11.3. The van der Waals surface area contributed by atoms with E-state index in [1.54, 1.807) is 16.0 Å². The molecule has 2 heterocycles. The number of hydrogen-bond donors (Lipinski definition) is 0. The van der Waals surface area contributed by atoms with Crippen LogP contribution in [0.1, 0.15) is 23.0 Å². The fraction of sp³-hybridized carbons (Fsp3) is 0.444. The third kappa shape index (κ3) is 2.81. The molecule has 0 aromatic carbocycles. The number of halogens is 2. The molecule has 0 saturated carbocycles. The number of rotatable bonds is 4. The van der Waals surface area contributed by atoms with Gasteiger partial charge in [0.15, 0.2) is 5.82 Å². The predicted octanol–water partition coefficient (Wildman–Crippen LogP) is 3.04. The minimum atomic E-state index is -0.162. The Morgan fingerprint density at radius 3 is 3.00 bits per heavy atom. The molecule has 7 heteroatoms. The third-order valence-corrected chi connectivity index (χ3v) is 3.99. The van der Waals surface area contributed by atoms with E-state index in [0.717, 1.165) is 22.6 Å². The van der Waals surface area contributed by atoms with E-state index in [9.17, 15) is 0 Å². The van der Waals surface area contributed by atoms with Crippen LogP contribution in [-0.4, -0.2) is 20.2 Å². The van der Waals surface area contributed by atoms with Gasteiger partial charge in [-0.3, -0.25) is 0 Å². The number of alkyl halides is 1. The summed E-state index contributed by atoms with van der Waals surface area (Å²) in [7, 11) is 0. The van der Waals surface area contributed by atoms with Crippen LogP contribution in [0.4, 0.5) is 0 Å². The quantitative estimate of drug-likeness (QED) is 0.813. The Labute approximate surface area is 111 Å². The van der Waals surface area contributed by atoms with Crippen LogP contribution >= 0.6 is 38.9 Å². The molecule has 0 bridgehead atoms. The van der Waals surface area contributed by atoms with Crippen molar-refractivity contribution in [1.82, 2.24) is 20.2 Å². The van der Waals surface area contributed by atoms with Gasteiger partial charge in [0.25, 0.3) is 0 Å². The first-order chi connectivity index (χ1) is 7.66. The van der Waals surface area contributed by atoms with Gasteiger partial charge in [0.05, 0.1) is 9.16 Å². The standard InChI is InChI=1S/C9H10BrClN4S/c1-6(11)9-12-13-14-15(9)5-4-7-2-3-8(10)16-7/h2-3,6H,4-5H2,1H3. The second-order valence-corrected chi connectivity index (χ2v) is 6.53. The van der Waals surface area contributed by atoms with Gasteiger partial charge in [0.1, 0.15) is 0 Å². The molecule has 2 aromatic heterocycles. The largest absolute Gasteiger partial charge is 0.228 e. The summed E-state index contributed by atoms with van der Waals surface area (Å²) < 4.78 is 2.90. The molecule has 0 amide bonds. The first-order valence-corrected chi connectivity index (χ1v) is 6.86. The van der Waals surface area contributed by atoms with Crippen molar-refractivity contribution >= 4 is 38.9 Å². The van der Waals surface area contributed by atoms with Crippen molar-refractivity contribution < 1.29 is 0 Å². The second kappa shape index (κ2) is 5.25. The maximum absolute atomic E-state index is 5.97. The Morgan fingerprint density at radius 2 is 2.38 bits per heavy atom. The van der Waals surface area contributed by atoms with E-state index in [2.05, 4.69) is 37.5 Å². The van der Waals surface area contributed by atoms with Crippen LogP contribution < -0.4 is 0 Å². The molecule has 86 valence electrons. The van der Waals surface area contributed by atoms with Crippen LogP contribution in [0, 0.1) is 0 Å². The number of thiophene rings is 1. The van der Waals surface area contributed by atoms with E-state index in [1.165, 1.54) is 4.88 Å². The van der Waals surface area contributed by atoms with Crippen molar-refractivity contribution in [3.8, 4) is 0 Å². The number of aromatic nitrogens is 4. The summed E-state index contributed by atoms with van der Waals surface area (Å²) in [5.41, 5.74) is 0. The maximum Gasteiger partial charge on any atom is 0.168 e. The van der Waals surface area contributed by atoms with E-state index in [4.69, 9.17) is 11.6 Å². The molecule has 0 aliphatic rings. The van der Waals surface area contributed by atoms with Crippen LogP contribution in [0.25, 0.3) is 0 Å². The summed E-state index contributed by atoms with van der Waals surface area (Å²) >= 11 is 11.1. The van der Waals surface area contributed by atoms with Gasteiger partial charge in [-0.2, -0.15) is 0 Å². The molecule has 4 nitrogen and oxygen atoms in total. The highest BCUT2D eigenvalue weighted by Crippen LogP contribution is 2.23. The molecular weight excluding hydrogens is 312 g/mol. The lowest BCUT2D eigenvalue weighted by Crippen LogP contribution is -2.08. The van der Waals surface area contributed by atoms with Crippen molar-refractivity contribution in [2.45, 2.75) is 25.3 Å². The summed E-state index contributed by atoms with van der Waals surface area (Å²) in [5.74, 6) is 0.720. The smallest absolute Gasteiger partial charge is 0.168 e. The molecule has 2 rings (SSSR count). The fourth-order valence-electron chi connectivity index (χ4n) is 1.36. The van der Waals surface area contributed by atoms with Crippen molar-refractivity contribution in [2.75, 3.05) is 0 Å². The highest BCUT2D eigenvalue weighted by molar-refractivity contribution is 9.11. The molecule has 0 saturated heterocycles. The molecule has 16 heavy (non-hydrogen) atoms.